The van der Waals surface area contributed by atoms with Crippen molar-refractivity contribution in [2.45, 2.75) is 27.0 Å². The van der Waals surface area contributed by atoms with E-state index in [1.54, 1.807) is 6.20 Å². The van der Waals surface area contributed by atoms with E-state index in [1.165, 1.54) is 0 Å². The quantitative estimate of drug-likeness (QED) is 0.804. The lowest BCUT2D eigenvalue weighted by Gasteiger charge is -2.09. The smallest absolute Gasteiger partial charge is 0.152 e. The van der Waals surface area contributed by atoms with Gasteiger partial charge >= 0.3 is 0 Å². The second-order valence-corrected chi connectivity index (χ2v) is 4.87. The highest BCUT2D eigenvalue weighted by atomic mass is 79.9. The molecule has 6 heteroatoms. The van der Waals surface area contributed by atoms with E-state index in [0.717, 1.165) is 17.9 Å². The monoisotopic (exact) mass is 329 g/mol. The molecule has 0 aliphatic carbocycles. The van der Waals surface area contributed by atoms with Gasteiger partial charge in [-0.05, 0) is 41.9 Å². The van der Waals surface area contributed by atoms with Gasteiger partial charge in [-0.3, -0.25) is 4.68 Å². The van der Waals surface area contributed by atoms with Gasteiger partial charge < -0.3 is 4.74 Å². The Morgan fingerprint density at radius 3 is 2.94 bits per heavy atom. The lowest BCUT2D eigenvalue weighted by molar-refractivity contribution is 0.289. The minimum atomic E-state index is 0.373. The Labute approximate surface area is 119 Å². The number of aromatic nitrogens is 3. The third kappa shape index (κ3) is 2.67. The molecule has 4 nitrogen and oxygen atoms in total. The first-order chi connectivity index (χ1) is 8.63. The van der Waals surface area contributed by atoms with Gasteiger partial charge in [0, 0.05) is 12.7 Å². The van der Waals surface area contributed by atoms with Crippen LogP contribution in [0.5, 0.6) is 5.75 Å². The lowest BCUT2D eigenvalue weighted by atomic mass is 10.3. The minimum absolute atomic E-state index is 0.373. The van der Waals surface area contributed by atoms with Crippen molar-refractivity contribution in [3.05, 3.63) is 39.3 Å². The standard InChI is InChI=1S/C12H13BrClN3O/c1-3-17-9(11(14)8(2)16-17)7-18-10-5-4-6-15-12(10)13/h4-6H,3,7H2,1-2H3. The summed E-state index contributed by atoms with van der Waals surface area (Å²) in [6, 6.07) is 3.68. The Balaban J connectivity index is 2.18. The number of nitrogens with zero attached hydrogens (tertiary/aromatic N) is 3. The van der Waals surface area contributed by atoms with Gasteiger partial charge in [0.05, 0.1) is 16.4 Å². The summed E-state index contributed by atoms with van der Waals surface area (Å²) in [5, 5.41) is 5.00. The maximum Gasteiger partial charge on any atom is 0.152 e. The summed E-state index contributed by atoms with van der Waals surface area (Å²) < 4.78 is 8.23. The molecule has 96 valence electrons. The topological polar surface area (TPSA) is 39.9 Å². The average Bonchev–Trinajstić information content (AvgIpc) is 2.65. The largest absolute Gasteiger partial charge is 0.484 e. The fourth-order valence-electron chi connectivity index (χ4n) is 1.63. The van der Waals surface area contributed by atoms with Crippen LogP contribution in [0.3, 0.4) is 0 Å². The minimum Gasteiger partial charge on any atom is -0.484 e. The van der Waals surface area contributed by atoms with Crippen molar-refractivity contribution in [3.8, 4) is 5.75 Å². The first-order valence-corrected chi connectivity index (χ1v) is 6.75. The molecule has 0 aliphatic rings. The van der Waals surface area contributed by atoms with Crippen molar-refractivity contribution >= 4 is 27.5 Å². The number of halogens is 2. The molecule has 0 unspecified atom stereocenters. The van der Waals surface area contributed by atoms with Gasteiger partial charge in [-0.15, -0.1) is 0 Å². The van der Waals surface area contributed by atoms with Crippen LogP contribution >= 0.6 is 27.5 Å². The van der Waals surface area contributed by atoms with E-state index in [0.29, 0.717) is 22.0 Å². The molecule has 0 bridgehead atoms. The summed E-state index contributed by atoms with van der Waals surface area (Å²) in [6.07, 6.45) is 1.70. The summed E-state index contributed by atoms with van der Waals surface area (Å²) in [5.41, 5.74) is 1.70. The van der Waals surface area contributed by atoms with Gasteiger partial charge in [0.2, 0.25) is 0 Å². The molecule has 0 atom stereocenters. The molecule has 0 spiro atoms. The van der Waals surface area contributed by atoms with Crippen LogP contribution in [0.1, 0.15) is 18.3 Å². The van der Waals surface area contributed by atoms with Crippen molar-refractivity contribution in [1.82, 2.24) is 14.8 Å². The summed E-state index contributed by atoms with van der Waals surface area (Å²) in [7, 11) is 0. The molecule has 0 aliphatic heterocycles. The van der Waals surface area contributed by atoms with E-state index in [9.17, 15) is 0 Å². The van der Waals surface area contributed by atoms with Crippen LogP contribution in [0.25, 0.3) is 0 Å². The molecular formula is C12H13BrClN3O. The zero-order valence-electron chi connectivity index (χ0n) is 10.2. The number of hydrogen-bond acceptors (Lipinski definition) is 3. The van der Waals surface area contributed by atoms with Crippen LogP contribution < -0.4 is 4.74 Å². The predicted molar refractivity (Wildman–Crippen MR) is 73.9 cm³/mol. The van der Waals surface area contributed by atoms with Crippen LogP contribution in [0.4, 0.5) is 0 Å². The zero-order valence-corrected chi connectivity index (χ0v) is 12.5. The summed E-state index contributed by atoms with van der Waals surface area (Å²) >= 11 is 9.55. The maximum atomic E-state index is 6.21. The highest BCUT2D eigenvalue weighted by Crippen LogP contribution is 2.25. The van der Waals surface area contributed by atoms with Crippen LogP contribution in [-0.4, -0.2) is 14.8 Å². The number of ether oxygens (including phenoxy) is 1. The van der Waals surface area contributed by atoms with Gasteiger partial charge in [0.1, 0.15) is 11.2 Å². The molecule has 0 aromatic carbocycles. The van der Waals surface area contributed by atoms with E-state index in [4.69, 9.17) is 16.3 Å². The molecular weight excluding hydrogens is 318 g/mol. The molecule has 0 saturated carbocycles. The van der Waals surface area contributed by atoms with Crippen molar-refractivity contribution < 1.29 is 4.74 Å². The van der Waals surface area contributed by atoms with Crippen molar-refractivity contribution in [1.29, 1.82) is 0 Å². The summed E-state index contributed by atoms with van der Waals surface area (Å²) in [4.78, 5) is 4.10. The summed E-state index contributed by atoms with van der Waals surface area (Å²) in [5.74, 6) is 0.690. The summed E-state index contributed by atoms with van der Waals surface area (Å²) in [6.45, 7) is 5.04. The SMILES string of the molecule is CCn1nc(C)c(Cl)c1COc1cccnc1Br. The van der Waals surface area contributed by atoms with Crippen LogP contribution in [0.2, 0.25) is 5.02 Å². The van der Waals surface area contributed by atoms with Crippen molar-refractivity contribution in [2.24, 2.45) is 0 Å². The normalized spacial score (nSPS) is 10.7. The number of aryl methyl sites for hydroxylation is 2. The van der Waals surface area contributed by atoms with Crippen LogP contribution in [-0.2, 0) is 13.2 Å². The highest BCUT2D eigenvalue weighted by molar-refractivity contribution is 9.10. The third-order valence-corrected chi connectivity index (χ3v) is 3.63. The Morgan fingerprint density at radius 1 is 1.50 bits per heavy atom. The number of hydrogen-bond donors (Lipinski definition) is 0. The van der Waals surface area contributed by atoms with Gasteiger partial charge in [-0.2, -0.15) is 5.10 Å². The first-order valence-electron chi connectivity index (χ1n) is 5.58. The van der Waals surface area contributed by atoms with Gasteiger partial charge in [-0.1, -0.05) is 11.6 Å². The van der Waals surface area contributed by atoms with Gasteiger partial charge in [-0.25, -0.2) is 4.98 Å². The average molecular weight is 331 g/mol. The molecule has 0 fully saturated rings. The first kappa shape index (κ1) is 13.4. The second kappa shape index (κ2) is 5.71. The zero-order chi connectivity index (χ0) is 13.1. The molecule has 18 heavy (non-hydrogen) atoms. The van der Waals surface area contributed by atoms with Crippen molar-refractivity contribution in [3.63, 3.8) is 0 Å². The molecule has 0 saturated heterocycles. The van der Waals surface area contributed by atoms with E-state index in [2.05, 4.69) is 26.0 Å². The second-order valence-electron chi connectivity index (χ2n) is 3.74. The Bertz CT molecular complexity index is 556. The fourth-order valence-corrected chi connectivity index (χ4v) is 2.19. The lowest BCUT2D eigenvalue weighted by Crippen LogP contribution is -2.06. The highest BCUT2D eigenvalue weighted by Gasteiger charge is 2.13. The Kier molecular flexibility index (Phi) is 4.24. The molecule has 2 aromatic rings. The van der Waals surface area contributed by atoms with E-state index < -0.39 is 0 Å². The van der Waals surface area contributed by atoms with Crippen LogP contribution in [0, 0.1) is 6.92 Å². The number of rotatable bonds is 4. The molecule has 0 N–H and O–H groups in total. The van der Waals surface area contributed by atoms with E-state index in [1.807, 2.05) is 30.7 Å². The van der Waals surface area contributed by atoms with E-state index in [-0.39, 0.29) is 0 Å². The van der Waals surface area contributed by atoms with Crippen LogP contribution in [0.15, 0.2) is 22.9 Å². The Hall–Kier alpha value is -1.07. The predicted octanol–water partition coefficient (Wildman–Crippen LogP) is 3.60. The van der Waals surface area contributed by atoms with Gasteiger partial charge in [0.15, 0.2) is 5.75 Å². The molecule has 2 aromatic heterocycles. The van der Waals surface area contributed by atoms with Gasteiger partial charge in [0.25, 0.3) is 0 Å². The molecule has 0 amide bonds. The fraction of sp³-hybridized carbons (Fsp3) is 0.333. The molecule has 2 heterocycles. The Morgan fingerprint density at radius 2 is 2.28 bits per heavy atom. The maximum absolute atomic E-state index is 6.21. The molecule has 0 radical (unpaired) electrons. The number of pyridine rings is 1. The van der Waals surface area contributed by atoms with Crippen molar-refractivity contribution in [2.75, 3.05) is 0 Å². The molecule has 2 rings (SSSR count). The van der Waals surface area contributed by atoms with E-state index >= 15 is 0 Å². The third-order valence-electron chi connectivity index (χ3n) is 2.54.